The van der Waals surface area contributed by atoms with Crippen LogP contribution >= 0.6 is 0 Å². The van der Waals surface area contributed by atoms with Crippen LogP contribution in [0.25, 0.3) is 0 Å². The molecule has 3 heterocycles. The van der Waals surface area contributed by atoms with Gasteiger partial charge in [0.1, 0.15) is 11.6 Å². The summed E-state index contributed by atoms with van der Waals surface area (Å²) in [6.45, 7) is 3.83. The number of aromatic nitrogens is 2. The fourth-order valence-corrected chi connectivity index (χ4v) is 4.90. The van der Waals surface area contributed by atoms with Gasteiger partial charge in [0.15, 0.2) is 5.82 Å². The van der Waals surface area contributed by atoms with Crippen molar-refractivity contribution in [3.05, 3.63) is 47.6 Å². The molecule has 3 aliphatic rings. The van der Waals surface area contributed by atoms with E-state index in [0.717, 1.165) is 11.8 Å². The van der Waals surface area contributed by atoms with E-state index < -0.39 is 27.5 Å². The normalized spacial score (nSPS) is 22.9. The van der Waals surface area contributed by atoms with Crippen LogP contribution < -0.4 is 15.4 Å². The third-order valence-electron chi connectivity index (χ3n) is 5.56. The molecule has 0 fully saturated rings. The first-order chi connectivity index (χ1) is 15.1. The minimum atomic E-state index is -3.87. The molecule has 2 aromatic rings. The molecule has 1 amide bonds. The van der Waals surface area contributed by atoms with E-state index in [4.69, 9.17) is 4.74 Å². The van der Waals surface area contributed by atoms with Gasteiger partial charge in [0.25, 0.3) is 0 Å². The fraction of sp³-hybridized carbons (Fsp3) is 0.429. The summed E-state index contributed by atoms with van der Waals surface area (Å²) in [7, 11) is -3.87. The Bertz CT molecular complexity index is 1160. The lowest BCUT2D eigenvalue weighted by molar-refractivity contribution is 0.160. The molecule has 2 aliphatic heterocycles. The lowest BCUT2D eigenvalue weighted by atomic mass is 9.99. The summed E-state index contributed by atoms with van der Waals surface area (Å²) in [6, 6.07) is 5.45. The molecule has 11 heteroatoms. The second kappa shape index (κ2) is 8.55. The maximum absolute atomic E-state index is 14.6. The topological polar surface area (TPSA) is 125 Å². The Morgan fingerprint density at radius 3 is 2.84 bits per heavy atom. The Morgan fingerprint density at radius 1 is 1.25 bits per heavy atom. The van der Waals surface area contributed by atoms with Crippen molar-refractivity contribution >= 4 is 27.6 Å². The minimum Gasteiger partial charge on any atom is -0.415 e. The van der Waals surface area contributed by atoms with Crippen molar-refractivity contribution in [2.24, 2.45) is 0 Å². The smallest absolute Gasteiger partial charge is 0.412 e. The van der Waals surface area contributed by atoms with Gasteiger partial charge in [-0.3, -0.25) is 5.10 Å². The number of benzene rings is 1. The van der Waals surface area contributed by atoms with Crippen LogP contribution in [0.15, 0.2) is 41.0 Å². The zero-order chi connectivity index (χ0) is 22.9. The van der Waals surface area contributed by atoms with Crippen LogP contribution in [0.2, 0.25) is 0 Å². The van der Waals surface area contributed by atoms with Crippen molar-refractivity contribution in [1.82, 2.24) is 20.2 Å². The van der Waals surface area contributed by atoms with Gasteiger partial charge in [-0.2, -0.15) is 5.10 Å². The number of alkyl carbamates (subject to hydrolysis) is 1. The van der Waals surface area contributed by atoms with E-state index in [0.29, 0.717) is 37.3 Å². The van der Waals surface area contributed by atoms with Crippen LogP contribution in [0.5, 0.6) is 0 Å². The van der Waals surface area contributed by atoms with Gasteiger partial charge >= 0.3 is 6.09 Å². The number of halogens is 1. The van der Waals surface area contributed by atoms with E-state index >= 15 is 0 Å². The monoisotopic (exact) mass is 463 g/mol. The number of nitrogens with one attached hydrogen (secondary N) is 4. The number of hydrogen-bond acceptors (Lipinski definition) is 6. The van der Waals surface area contributed by atoms with Gasteiger partial charge in [-0.05, 0) is 57.4 Å². The number of carbonyl (C=O) groups excluding carboxylic acids is 1. The lowest BCUT2D eigenvalue weighted by Crippen LogP contribution is -2.44. The second-order valence-corrected chi connectivity index (χ2v) is 10.4. The van der Waals surface area contributed by atoms with Gasteiger partial charge < -0.3 is 15.4 Å². The summed E-state index contributed by atoms with van der Waals surface area (Å²) in [4.78, 5) is 12.2. The van der Waals surface area contributed by atoms with E-state index in [2.05, 4.69) is 25.6 Å². The van der Waals surface area contributed by atoms with Crippen molar-refractivity contribution in [2.75, 3.05) is 11.9 Å². The van der Waals surface area contributed by atoms with Crippen LogP contribution in [0, 0.1) is 5.82 Å². The number of allylic oxidation sites excluding steroid dienone is 2. The lowest BCUT2D eigenvalue weighted by Gasteiger charge is -2.26. The molecule has 0 saturated heterocycles. The molecule has 0 radical (unpaired) electrons. The van der Waals surface area contributed by atoms with Crippen molar-refractivity contribution in [1.29, 1.82) is 0 Å². The SMILES string of the molecule is CC1(C)CCCNS(=O)(=O)c2ccc(c(F)c2)Nc2cc([nH]n2)[C@H]2CC=C(C2)OC(=O)N1. The molecule has 5 rings (SSSR count). The number of nitrogens with zero attached hydrogens (tertiary/aromatic N) is 1. The van der Waals surface area contributed by atoms with Crippen molar-refractivity contribution < 1.29 is 22.3 Å². The van der Waals surface area contributed by atoms with Crippen molar-refractivity contribution in [3.8, 4) is 0 Å². The van der Waals surface area contributed by atoms with Crippen LogP contribution in [0.1, 0.15) is 51.1 Å². The number of sulfonamides is 1. The number of aromatic amines is 1. The van der Waals surface area contributed by atoms with Gasteiger partial charge in [-0.15, -0.1) is 0 Å². The van der Waals surface area contributed by atoms with Gasteiger partial charge in [0.05, 0.1) is 10.6 Å². The molecule has 9 nitrogen and oxygen atoms in total. The molecule has 172 valence electrons. The molecule has 1 atom stereocenters. The van der Waals surface area contributed by atoms with Gasteiger partial charge in [-0.25, -0.2) is 22.3 Å². The summed E-state index contributed by atoms with van der Waals surface area (Å²) < 4.78 is 47.6. The molecule has 4 N–H and O–H groups in total. The zero-order valence-electron chi connectivity index (χ0n) is 17.9. The minimum absolute atomic E-state index is 0.0582. The Balaban J connectivity index is 1.60. The molecule has 1 aliphatic carbocycles. The summed E-state index contributed by atoms with van der Waals surface area (Å²) >= 11 is 0. The highest BCUT2D eigenvalue weighted by atomic mass is 32.2. The first-order valence-electron chi connectivity index (χ1n) is 10.4. The highest BCUT2D eigenvalue weighted by Crippen LogP contribution is 2.35. The molecular formula is C21H26FN5O4S. The van der Waals surface area contributed by atoms with Crippen LogP contribution in [-0.4, -0.2) is 36.8 Å². The highest BCUT2D eigenvalue weighted by Gasteiger charge is 2.27. The largest absolute Gasteiger partial charge is 0.415 e. The number of hydrogen-bond donors (Lipinski definition) is 4. The van der Waals surface area contributed by atoms with Crippen LogP contribution in [-0.2, 0) is 14.8 Å². The molecule has 1 aromatic carbocycles. The summed E-state index contributed by atoms with van der Waals surface area (Å²) in [5.41, 5.74) is 0.337. The predicted molar refractivity (Wildman–Crippen MR) is 116 cm³/mol. The van der Waals surface area contributed by atoms with E-state index in [1.165, 1.54) is 12.1 Å². The molecule has 1 aromatic heterocycles. The maximum atomic E-state index is 14.6. The molecule has 0 unspecified atom stereocenters. The van der Waals surface area contributed by atoms with Crippen molar-refractivity contribution in [3.63, 3.8) is 0 Å². The van der Waals surface area contributed by atoms with Gasteiger partial charge in [0, 0.05) is 36.2 Å². The number of H-pyrrole nitrogens is 1. The summed E-state index contributed by atoms with van der Waals surface area (Å²) in [5.74, 6) is 0.337. The molecule has 32 heavy (non-hydrogen) atoms. The summed E-state index contributed by atoms with van der Waals surface area (Å²) in [5, 5.41) is 12.8. The average Bonchev–Trinajstić information content (AvgIpc) is 3.35. The average molecular weight is 464 g/mol. The predicted octanol–water partition coefficient (Wildman–Crippen LogP) is 3.63. The van der Waals surface area contributed by atoms with E-state index in [1.807, 2.05) is 19.9 Å². The number of rotatable bonds is 0. The second-order valence-electron chi connectivity index (χ2n) is 8.68. The third-order valence-corrected chi connectivity index (χ3v) is 7.02. The Morgan fingerprint density at radius 2 is 2.06 bits per heavy atom. The molecular weight excluding hydrogens is 437 g/mol. The molecule has 0 spiro atoms. The van der Waals surface area contributed by atoms with Crippen LogP contribution in [0.4, 0.5) is 20.7 Å². The van der Waals surface area contributed by atoms with E-state index in [-0.39, 0.29) is 23.0 Å². The number of anilines is 2. The molecule has 6 bridgehead atoms. The molecule has 0 saturated carbocycles. The Labute approximate surface area is 185 Å². The van der Waals surface area contributed by atoms with Crippen molar-refractivity contribution in [2.45, 2.75) is 55.9 Å². The third kappa shape index (κ3) is 5.10. The van der Waals surface area contributed by atoms with Gasteiger partial charge in [0.2, 0.25) is 10.0 Å². The fourth-order valence-electron chi connectivity index (χ4n) is 3.82. The maximum Gasteiger partial charge on any atom is 0.412 e. The highest BCUT2D eigenvalue weighted by molar-refractivity contribution is 7.89. The Kier molecular flexibility index (Phi) is 5.95. The Hall–Kier alpha value is -2.92. The summed E-state index contributed by atoms with van der Waals surface area (Å²) in [6.07, 6.45) is 3.54. The van der Waals surface area contributed by atoms with Crippen LogP contribution in [0.3, 0.4) is 0 Å². The number of fused-ring (bicyclic) bond motifs is 10. The first-order valence-corrected chi connectivity index (χ1v) is 11.9. The number of amides is 1. The first kappa shape index (κ1) is 22.3. The zero-order valence-corrected chi connectivity index (χ0v) is 18.7. The van der Waals surface area contributed by atoms with E-state index in [1.54, 1.807) is 6.07 Å². The quantitative estimate of drug-likeness (QED) is 0.473. The van der Waals surface area contributed by atoms with E-state index in [9.17, 15) is 17.6 Å². The number of carbonyl (C=O) groups is 1. The van der Waals surface area contributed by atoms with Gasteiger partial charge in [-0.1, -0.05) is 0 Å². The standard InChI is InChI=1S/C21H26FN5O4S/c1-21(2)8-3-9-23-32(29,30)15-6-7-17(16(22)11-15)24-19-12-18(26-27-19)13-4-5-14(10-13)31-20(28)25-21/h5-7,11-13,23H,3-4,8-10H2,1-2H3,(H,25,28)(H2,24,26,27)/t13-/m0/s1. The number of ether oxygens (including phenoxy) is 1.